The van der Waals surface area contributed by atoms with Crippen LogP contribution in [0.15, 0.2) is 48.5 Å². The minimum atomic E-state index is -0.513. The molecule has 0 saturated carbocycles. The summed E-state index contributed by atoms with van der Waals surface area (Å²) in [5.74, 6) is 0.942. The van der Waals surface area contributed by atoms with Gasteiger partial charge in [0, 0.05) is 37.7 Å². The monoisotopic (exact) mass is 360 g/mol. The number of hydrogen-bond donors (Lipinski definition) is 1. The first-order valence-electron chi connectivity index (χ1n) is 8.80. The lowest BCUT2D eigenvalue weighted by molar-refractivity contribution is 0.109. The molecule has 1 saturated heterocycles. The number of ether oxygens (including phenoxy) is 1. The molecule has 0 unspecified atom stereocenters. The van der Waals surface area contributed by atoms with Crippen molar-refractivity contribution in [3.05, 3.63) is 59.1 Å². The molecular formula is C20H25ClN2O2. The first kappa shape index (κ1) is 18.1. The van der Waals surface area contributed by atoms with E-state index in [-0.39, 0.29) is 0 Å². The van der Waals surface area contributed by atoms with Gasteiger partial charge in [-0.25, -0.2) is 0 Å². The average molecular weight is 361 g/mol. The average Bonchev–Trinajstić information content (AvgIpc) is 2.63. The van der Waals surface area contributed by atoms with E-state index >= 15 is 0 Å². The lowest BCUT2D eigenvalue weighted by atomic mass is 10.1. The normalized spacial score (nSPS) is 16.7. The molecule has 2 aromatic carbocycles. The zero-order valence-electron chi connectivity index (χ0n) is 14.6. The summed E-state index contributed by atoms with van der Waals surface area (Å²) in [6, 6.07) is 15.6. The van der Waals surface area contributed by atoms with E-state index in [0.717, 1.165) is 43.2 Å². The second kappa shape index (κ2) is 8.56. The van der Waals surface area contributed by atoms with E-state index in [1.54, 1.807) is 0 Å². The third kappa shape index (κ3) is 4.66. The van der Waals surface area contributed by atoms with E-state index in [9.17, 15) is 5.11 Å². The molecule has 2 aromatic rings. The summed E-state index contributed by atoms with van der Waals surface area (Å²) in [5, 5.41) is 11.1. The molecule has 0 spiro atoms. The Labute approximate surface area is 154 Å². The second-order valence-electron chi connectivity index (χ2n) is 6.26. The fourth-order valence-corrected chi connectivity index (χ4v) is 3.43. The zero-order valence-corrected chi connectivity index (χ0v) is 15.3. The first-order chi connectivity index (χ1) is 12.2. The van der Waals surface area contributed by atoms with Crippen LogP contribution in [0.2, 0.25) is 5.02 Å². The lowest BCUT2D eigenvalue weighted by Gasteiger charge is -2.37. The van der Waals surface area contributed by atoms with Gasteiger partial charge in [-0.1, -0.05) is 35.9 Å². The van der Waals surface area contributed by atoms with Crippen molar-refractivity contribution in [2.45, 2.75) is 13.0 Å². The molecule has 25 heavy (non-hydrogen) atoms. The van der Waals surface area contributed by atoms with Gasteiger partial charge >= 0.3 is 0 Å². The van der Waals surface area contributed by atoms with Gasteiger partial charge in [0.05, 0.1) is 18.4 Å². The van der Waals surface area contributed by atoms with E-state index < -0.39 is 6.10 Å². The number of rotatable bonds is 6. The quantitative estimate of drug-likeness (QED) is 0.854. The minimum absolute atomic E-state index is 0.513. The van der Waals surface area contributed by atoms with Gasteiger partial charge in [0.15, 0.2) is 0 Å². The zero-order chi connectivity index (χ0) is 17.6. The van der Waals surface area contributed by atoms with Crippen molar-refractivity contribution in [1.29, 1.82) is 0 Å². The Morgan fingerprint density at radius 2 is 1.84 bits per heavy atom. The van der Waals surface area contributed by atoms with E-state index in [0.29, 0.717) is 18.2 Å². The molecule has 0 aliphatic carbocycles. The Balaban J connectivity index is 1.57. The van der Waals surface area contributed by atoms with Gasteiger partial charge in [0.2, 0.25) is 0 Å². The summed E-state index contributed by atoms with van der Waals surface area (Å²) in [5.41, 5.74) is 2.02. The number of para-hydroxylation sites is 2. The second-order valence-corrected chi connectivity index (χ2v) is 6.70. The van der Waals surface area contributed by atoms with Crippen LogP contribution in [0.4, 0.5) is 5.69 Å². The molecule has 1 heterocycles. The first-order valence-corrected chi connectivity index (χ1v) is 9.18. The van der Waals surface area contributed by atoms with Crippen molar-refractivity contribution < 1.29 is 9.84 Å². The molecule has 1 N–H and O–H groups in total. The molecule has 0 radical (unpaired) electrons. The van der Waals surface area contributed by atoms with Crippen LogP contribution in [-0.2, 0) is 0 Å². The van der Waals surface area contributed by atoms with Gasteiger partial charge < -0.3 is 14.7 Å². The largest absolute Gasteiger partial charge is 0.492 e. The maximum atomic E-state index is 10.5. The summed E-state index contributed by atoms with van der Waals surface area (Å²) in [7, 11) is 0. The Kier molecular flexibility index (Phi) is 6.19. The van der Waals surface area contributed by atoms with E-state index in [1.165, 1.54) is 0 Å². The third-order valence-corrected chi connectivity index (χ3v) is 4.78. The molecule has 4 nitrogen and oxygen atoms in total. The third-order valence-electron chi connectivity index (χ3n) is 4.54. The Hall–Kier alpha value is -1.75. The predicted octanol–water partition coefficient (Wildman–Crippen LogP) is 3.59. The molecule has 0 bridgehead atoms. The summed E-state index contributed by atoms with van der Waals surface area (Å²) in [6.07, 6.45) is -0.513. The summed E-state index contributed by atoms with van der Waals surface area (Å²) >= 11 is 6.02. The predicted molar refractivity (Wildman–Crippen MR) is 103 cm³/mol. The highest BCUT2D eigenvalue weighted by molar-refractivity contribution is 6.30. The van der Waals surface area contributed by atoms with Crippen LogP contribution in [0.3, 0.4) is 0 Å². The Morgan fingerprint density at radius 1 is 1.08 bits per heavy atom. The molecular weight excluding hydrogens is 336 g/mol. The summed E-state index contributed by atoms with van der Waals surface area (Å²) < 4.78 is 5.74. The standard InChI is InChI=1S/C20H25ClN2O2/c1-2-25-20-9-4-3-8-18(20)23-12-10-22(11-13-23)15-19(24)16-6-5-7-17(21)14-16/h3-9,14,19,24H,2,10-13,15H2,1H3/t19-/m0/s1. The number of aliphatic hydroxyl groups excluding tert-OH is 1. The van der Waals surface area contributed by atoms with Gasteiger partial charge in [0.25, 0.3) is 0 Å². The van der Waals surface area contributed by atoms with E-state index in [4.69, 9.17) is 16.3 Å². The summed E-state index contributed by atoms with van der Waals surface area (Å²) in [4.78, 5) is 4.65. The van der Waals surface area contributed by atoms with Crippen molar-refractivity contribution in [3.8, 4) is 5.75 Å². The van der Waals surface area contributed by atoms with Crippen molar-refractivity contribution in [1.82, 2.24) is 4.90 Å². The molecule has 1 atom stereocenters. The number of piperazine rings is 1. The Morgan fingerprint density at radius 3 is 2.56 bits per heavy atom. The SMILES string of the molecule is CCOc1ccccc1N1CCN(C[C@H](O)c2cccc(Cl)c2)CC1. The van der Waals surface area contributed by atoms with Crippen LogP contribution in [0.5, 0.6) is 5.75 Å². The number of nitrogens with zero attached hydrogens (tertiary/aromatic N) is 2. The lowest BCUT2D eigenvalue weighted by Crippen LogP contribution is -2.47. The smallest absolute Gasteiger partial charge is 0.142 e. The number of aliphatic hydroxyl groups is 1. The highest BCUT2D eigenvalue weighted by Crippen LogP contribution is 2.29. The van der Waals surface area contributed by atoms with Gasteiger partial charge in [-0.15, -0.1) is 0 Å². The van der Waals surface area contributed by atoms with Crippen LogP contribution < -0.4 is 9.64 Å². The molecule has 0 amide bonds. The number of β-amino-alcohol motifs (C(OH)–C–C–N with tert-alkyl or cyclic N) is 1. The molecule has 0 aromatic heterocycles. The van der Waals surface area contributed by atoms with Crippen molar-refractivity contribution >= 4 is 17.3 Å². The van der Waals surface area contributed by atoms with Crippen LogP contribution in [0.1, 0.15) is 18.6 Å². The van der Waals surface area contributed by atoms with Crippen molar-refractivity contribution in [3.63, 3.8) is 0 Å². The minimum Gasteiger partial charge on any atom is -0.492 e. The van der Waals surface area contributed by atoms with E-state index in [2.05, 4.69) is 15.9 Å². The number of anilines is 1. The van der Waals surface area contributed by atoms with E-state index in [1.807, 2.05) is 49.4 Å². The fourth-order valence-electron chi connectivity index (χ4n) is 3.23. The van der Waals surface area contributed by atoms with Gasteiger partial charge in [-0.2, -0.15) is 0 Å². The molecule has 3 rings (SSSR count). The van der Waals surface area contributed by atoms with Gasteiger partial charge in [-0.3, -0.25) is 4.90 Å². The maximum Gasteiger partial charge on any atom is 0.142 e. The van der Waals surface area contributed by atoms with Crippen LogP contribution in [-0.4, -0.2) is 49.3 Å². The summed E-state index contributed by atoms with van der Waals surface area (Å²) in [6.45, 7) is 6.98. The highest BCUT2D eigenvalue weighted by atomic mass is 35.5. The number of hydrogen-bond acceptors (Lipinski definition) is 4. The van der Waals surface area contributed by atoms with Crippen LogP contribution >= 0.6 is 11.6 Å². The topological polar surface area (TPSA) is 35.9 Å². The van der Waals surface area contributed by atoms with Gasteiger partial charge in [-0.05, 0) is 36.8 Å². The van der Waals surface area contributed by atoms with Crippen LogP contribution in [0.25, 0.3) is 0 Å². The molecule has 5 heteroatoms. The molecule has 1 aliphatic heterocycles. The maximum absolute atomic E-state index is 10.5. The fraction of sp³-hybridized carbons (Fsp3) is 0.400. The number of halogens is 1. The van der Waals surface area contributed by atoms with Gasteiger partial charge in [0.1, 0.15) is 5.75 Å². The van der Waals surface area contributed by atoms with Crippen molar-refractivity contribution in [2.24, 2.45) is 0 Å². The highest BCUT2D eigenvalue weighted by Gasteiger charge is 2.21. The number of benzene rings is 2. The van der Waals surface area contributed by atoms with Crippen LogP contribution in [0, 0.1) is 0 Å². The Bertz CT molecular complexity index is 687. The molecule has 1 fully saturated rings. The van der Waals surface area contributed by atoms with Crippen molar-refractivity contribution in [2.75, 3.05) is 44.2 Å². The molecule has 1 aliphatic rings. The molecule has 134 valence electrons.